The van der Waals surface area contributed by atoms with Crippen LogP contribution in [0.1, 0.15) is 29.7 Å². The molecule has 2 aromatic carbocycles. The van der Waals surface area contributed by atoms with Gasteiger partial charge in [-0.2, -0.15) is 0 Å². The van der Waals surface area contributed by atoms with Crippen LogP contribution in [0.2, 0.25) is 0 Å². The molecule has 2 rings (SSSR count). The van der Waals surface area contributed by atoms with Gasteiger partial charge in [0, 0.05) is 18.2 Å². The minimum atomic E-state index is 0.130. The Morgan fingerprint density at radius 3 is 2.50 bits per heavy atom. The molecule has 94 valence electrons. The topological polar surface area (TPSA) is 32.3 Å². The summed E-state index contributed by atoms with van der Waals surface area (Å²) in [7, 11) is 0. The number of phenols is 1. The zero-order chi connectivity index (χ0) is 13.0. The third kappa shape index (κ3) is 3.11. The molecule has 0 saturated heterocycles. The first-order chi connectivity index (χ1) is 8.66. The average molecular weight is 241 g/mol. The molecule has 2 heteroatoms. The molecule has 2 aromatic rings. The van der Waals surface area contributed by atoms with Gasteiger partial charge in [0.2, 0.25) is 0 Å². The highest BCUT2D eigenvalue weighted by Crippen LogP contribution is 2.25. The van der Waals surface area contributed by atoms with E-state index >= 15 is 0 Å². The van der Waals surface area contributed by atoms with Gasteiger partial charge in [-0.15, -0.1) is 0 Å². The lowest BCUT2D eigenvalue weighted by Gasteiger charge is -2.16. The monoisotopic (exact) mass is 241 g/mol. The van der Waals surface area contributed by atoms with E-state index in [2.05, 4.69) is 24.4 Å². The molecule has 0 aliphatic carbocycles. The third-order valence-corrected chi connectivity index (χ3v) is 3.11. The Hall–Kier alpha value is -1.80. The smallest absolute Gasteiger partial charge is 0.120 e. The van der Waals surface area contributed by atoms with Crippen molar-refractivity contribution in [3.05, 3.63) is 65.2 Å². The Bertz CT molecular complexity index is 508. The zero-order valence-corrected chi connectivity index (χ0v) is 10.9. The molecule has 1 atom stereocenters. The first-order valence-electron chi connectivity index (χ1n) is 6.23. The SMILES string of the molecule is Cc1ccc(C(C)NCc2ccccc2)c(O)c1. The summed E-state index contributed by atoms with van der Waals surface area (Å²) in [5.41, 5.74) is 3.26. The van der Waals surface area contributed by atoms with Gasteiger partial charge in [0.25, 0.3) is 0 Å². The van der Waals surface area contributed by atoms with Gasteiger partial charge in [-0.25, -0.2) is 0 Å². The van der Waals surface area contributed by atoms with Gasteiger partial charge < -0.3 is 10.4 Å². The zero-order valence-electron chi connectivity index (χ0n) is 10.9. The molecule has 0 aromatic heterocycles. The molecule has 0 saturated carbocycles. The molecule has 2 nitrogen and oxygen atoms in total. The largest absolute Gasteiger partial charge is 0.508 e. The Kier molecular flexibility index (Phi) is 4.00. The highest BCUT2D eigenvalue weighted by atomic mass is 16.3. The van der Waals surface area contributed by atoms with Crippen molar-refractivity contribution in [1.29, 1.82) is 0 Å². The van der Waals surface area contributed by atoms with Crippen LogP contribution in [0.5, 0.6) is 5.75 Å². The first-order valence-corrected chi connectivity index (χ1v) is 6.23. The van der Waals surface area contributed by atoms with E-state index in [1.807, 2.05) is 37.3 Å². The lowest BCUT2D eigenvalue weighted by Crippen LogP contribution is -2.18. The second-order valence-electron chi connectivity index (χ2n) is 4.65. The van der Waals surface area contributed by atoms with E-state index in [9.17, 15) is 5.11 Å². The van der Waals surface area contributed by atoms with Gasteiger partial charge >= 0.3 is 0 Å². The van der Waals surface area contributed by atoms with Gasteiger partial charge in [0.15, 0.2) is 0 Å². The van der Waals surface area contributed by atoms with Crippen LogP contribution in [0.25, 0.3) is 0 Å². The van der Waals surface area contributed by atoms with Gasteiger partial charge in [0.05, 0.1) is 0 Å². The van der Waals surface area contributed by atoms with E-state index in [0.717, 1.165) is 17.7 Å². The number of hydrogen-bond acceptors (Lipinski definition) is 2. The minimum Gasteiger partial charge on any atom is -0.508 e. The molecule has 0 spiro atoms. The van der Waals surface area contributed by atoms with Crippen LogP contribution < -0.4 is 5.32 Å². The minimum absolute atomic E-state index is 0.130. The summed E-state index contributed by atoms with van der Waals surface area (Å²) in [6.07, 6.45) is 0. The van der Waals surface area contributed by atoms with Crippen molar-refractivity contribution in [1.82, 2.24) is 5.32 Å². The predicted molar refractivity (Wildman–Crippen MR) is 74.5 cm³/mol. The lowest BCUT2D eigenvalue weighted by molar-refractivity contribution is 0.452. The van der Waals surface area contributed by atoms with Crippen LogP contribution in [-0.2, 0) is 6.54 Å². The Balaban J connectivity index is 2.01. The van der Waals surface area contributed by atoms with E-state index in [1.54, 1.807) is 6.07 Å². The maximum absolute atomic E-state index is 9.92. The average Bonchev–Trinajstić information content (AvgIpc) is 2.37. The van der Waals surface area contributed by atoms with Crippen molar-refractivity contribution in [3.8, 4) is 5.75 Å². The molecule has 0 amide bonds. The summed E-state index contributed by atoms with van der Waals surface area (Å²) in [4.78, 5) is 0. The van der Waals surface area contributed by atoms with Gasteiger partial charge in [-0.3, -0.25) is 0 Å². The standard InChI is InChI=1S/C16H19NO/c1-12-8-9-15(16(18)10-12)13(2)17-11-14-6-4-3-5-7-14/h3-10,13,17-18H,11H2,1-2H3. The quantitative estimate of drug-likeness (QED) is 0.858. The number of hydrogen-bond donors (Lipinski definition) is 2. The molecule has 18 heavy (non-hydrogen) atoms. The summed E-state index contributed by atoms with van der Waals surface area (Å²) in [5.74, 6) is 0.364. The maximum Gasteiger partial charge on any atom is 0.120 e. The highest BCUT2D eigenvalue weighted by Gasteiger charge is 2.09. The van der Waals surface area contributed by atoms with Crippen molar-refractivity contribution < 1.29 is 5.11 Å². The molecule has 0 aliphatic rings. The fourth-order valence-corrected chi connectivity index (χ4v) is 2.00. The van der Waals surface area contributed by atoms with Crippen molar-refractivity contribution in [3.63, 3.8) is 0 Å². The third-order valence-electron chi connectivity index (χ3n) is 3.11. The first kappa shape index (κ1) is 12.7. The molecule has 1 unspecified atom stereocenters. The summed E-state index contributed by atoms with van der Waals surface area (Å²) in [6.45, 7) is 4.84. The van der Waals surface area contributed by atoms with Crippen LogP contribution in [0.3, 0.4) is 0 Å². The molecule has 0 radical (unpaired) electrons. The molecule has 0 aliphatic heterocycles. The molecular weight excluding hydrogens is 222 g/mol. The molecule has 0 fully saturated rings. The highest BCUT2D eigenvalue weighted by molar-refractivity contribution is 5.37. The summed E-state index contributed by atoms with van der Waals surface area (Å²) in [6, 6.07) is 16.2. The summed E-state index contributed by atoms with van der Waals surface area (Å²) >= 11 is 0. The number of benzene rings is 2. The second kappa shape index (κ2) is 5.69. The van der Waals surface area contributed by atoms with E-state index in [1.165, 1.54) is 5.56 Å². The van der Waals surface area contributed by atoms with Crippen LogP contribution in [0.4, 0.5) is 0 Å². The summed E-state index contributed by atoms with van der Waals surface area (Å²) < 4.78 is 0. The normalized spacial score (nSPS) is 12.3. The number of rotatable bonds is 4. The van der Waals surface area contributed by atoms with Gasteiger partial charge in [0.1, 0.15) is 5.75 Å². The Morgan fingerprint density at radius 1 is 1.11 bits per heavy atom. The van der Waals surface area contributed by atoms with Crippen molar-refractivity contribution in [2.24, 2.45) is 0 Å². The summed E-state index contributed by atoms with van der Waals surface area (Å²) in [5, 5.41) is 13.3. The van der Waals surface area contributed by atoms with E-state index in [4.69, 9.17) is 0 Å². The van der Waals surface area contributed by atoms with Crippen LogP contribution in [0.15, 0.2) is 48.5 Å². The lowest BCUT2D eigenvalue weighted by atomic mass is 10.0. The van der Waals surface area contributed by atoms with E-state index in [-0.39, 0.29) is 6.04 Å². The number of nitrogens with one attached hydrogen (secondary N) is 1. The van der Waals surface area contributed by atoms with Crippen molar-refractivity contribution >= 4 is 0 Å². The van der Waals surface area contributed by atoms with E-state index in [0.29, 0.717) is 5.75 Å². The van der Waals surface area contributed by atoms with Gasteiger partial charge in [-0.05, 0) is 31.0 Å². The Morgan fingerprint density at radius 2 is 1.83 bits per heavy atom. The molecule has 0 bridgehead atoms. The number of aryl methyl sites for hydroxylation is 1. The van der Waals surface area contributed by atoms with Crippen LogP contribution in [0, 0.1) is 6.92 Å². The van der Waals surface area contributed by atoms with Crippen molar-refractivity contribution in [2.75, 3.05) is 0 Å². The fraction of sp³-hybridized carbons (Fsp3) is 0.250. The predicted octanol–water partition coefficient (Wildman–Crippen LogP) is 3.55. The van der Waals surface area contributed by atoms with Crippen LogP contribution in [-0.4, -0.2) is 5.11 Å². The van der Waals surface area contributed by atoms with Gasteiger partial charge in [-0.1, -0.05) is 42.5 Å². The van der Waals surface area contributed by atoms with Crippen molar-refractivity contribution in [2.45, 2.75) is 26.4 Å². The fourth-order valence-electron chi connectivity index (χ4n) is 2.00. The maximum atomic E-state index is 9.92. The number of aromatic hydroxyl groups is 1. The van der Waals surface area contributed by atoms with Crippen LogP contribution >= 0.6 is 0 Å². The molecule has 2 N–H and O–H groups in total. The second-order valence-corrected chi connectivity index (χ2v) is 4.65. The molecule has 0 heterocycles. The molecular formula is C16H19NO. The number of phenolic OH excluding ortho intramolecular Hbond substituents is 1. The van der Waals surface area contributed by atoms with E-state index < -0.39 is 0 Å². The Labute approximate surface area is 108 Å².